The molecule has 3 aromatic carbocycles. The van der Waals surface area contributed by atoms with Crippen LogP contribution in [0, 0.1) is 47.9 Å². The number of ether oxygens (including phenoxy) is 3. The molecule has 0 spiro atoms. The molecular weight excluding hydrogens is 524 g/mol. The van der Waals surface area contributed by atoms with E-state index >= 15 is 0 Å². The fraction of sp³-hybridized carbons (Fsp3) is 0.297. The van der Waals surface area contributed by atoms with Crippen molar-refractivity contribution in [3.63, 3.8) is 0 Å². The van der Waals surface area contributed by atoms with Gasteiger partial charge in [0.25, 0.3) is 0 Å². The van der Waals surface area contributed by atoms with Gasteiger partial charge in [0.2, 0.25) is 0 Å². The summed E-state index contributed by atoms with van der Waals surface area (Å²) < 4.78 is 16.8. The van der Waals surface area contributed by atoms with Gasteiger partial charge in [-0.2, -0.15) is 0 Å². The summed E-state index contributed by atoms with van der Waals surface area (Å²) in [5.74, 6) is 17.4. The van der Waals surface area contributed by atoms with Crippen molar-refractivity contribution < 1.29 is 23.8 Å². The van der Waals surface area contributed by atoms with Crippen molar-refractivity contribution in [2.45, 2.75) is 64.9 Å². The Morgan fingerprint density at radius 1 is 0.714 bits per heavy atom. The second-order valence-electron chi connectivity index (χ2n) is 9.57. The molecule has 0 aromatic heterocycles. The maximum absolute atomic E-state index is 12.7. The number of fused-ring (bicyclic) bond motifs is 1. The highest BCUT2D eigenvalue weighted by molar-refractivity contribution is 5.96. The molecule has 5 heteroatoms. The zero-order chi connectivity index (χ0) is 30.0. The summed E-state index contributed by atoms with van der Waals surface area (Å²) in [5, 5.41) is 1.60. The molecule has 1 unspecified atom stereocenters. The van der Waals surface area contributed by atoms with Gasteiger partial charge < -0.3 is 14.2 Å². The Balaban J connectivity index is 1.50. The van der Waals surface area contributed by atoms with Gasteiger partial charge in [0.05, 0.1) is 17.7 Å². The Hall–Kier alpha value is -5.10. The SMILES string of the molecule is C#CC#CC#CC#CC(C)OC(=O)c1ccc2cc(OC(=O)c3ccc(OCCCCCCCCC)cc3)ccc2c1. The molecule has 212 valence electrons. The second kappa shape index (κ2) is 17.6. The van der Waals surface area contributed by atoms with Gasteiger partial charge in [-0.25, -0.2) is 9.59 Å². The Morgan fingerprint density at radius 3 is 2.10 bits per heavy atom. The molecule has 1 atom stereocenters. The Morgan fingerprint density at radius 2 is 1.33 bits per heavy atom. The van der Waals surface area contributed by atoms with Crippen molar-refractivity contribution in [1.29, 1.82) is 0 Å². The minimum atomic E-state index is -0.657. The van der Waals surface area contributed by atoms with Crippen LogP contribution in [0.2, 0.25) is 0 Å². The highest BCUT2D eigenvalue weighted by Crippen LogP contribution is 2.24. The molecule has 0 aliphatic carbocycles. The van der Waals surface area contributed by atoms with Gasteiger partial charge in [0.1, 0.15) is 11.5 Å². The molecule has 3 aromatic rings. The molecule has 0 saturated carbocycles. The van der Waals surface area contributed by atoms with E-state index in [-0.39, 0.29) is 0 Å². The molecule has 0 radical (unpaired) electrons. The van der Waals surface area contributed by atoms with E-state index < -0.39 is 18.0 Å². The summed E-state index contributed by atoms with van der Waals surface area (Å²) in [4.78, 5) is 25.2. The Bertz CT molecular complexity index is 1590. The lowest BCUT2D eigenvalue weighted by atomic mass is 10.1. The third kappa shape index (κ3) is 10.8. The van der Waals surface area contributed by atoms with E-state index in [0.717, 1.165) is 22.9 Å². The molecule has 0 heterocycles. The van der Waals surface area contributed by atoms with E-state index in [4.69, 9.17) is 20.6 Å². The zero-order valence-electron chi connectivity index (χ0n) is 24.1. The lowest BCUT2D eigenvalue weighted by Crippen LogP contribution is -2.13. The van der Waals surface area contributed by atoms with Crippen LogP contribution in [-0.4, -0.2) is 24.6 Å². The first-order chi connectivity index (χ1) is 20.5. The summed E-state index contributed by atoms with van der Waals surface area (Å²) in [6.45, 7) is 4.54. The highest BCUT2D eigenvalue weighted by atomic mass is 16.5. The van der Waals surface area contributed by atoms with E-state index in [2.05, 4.69) is 48.4 Å². The van der Waals surface area contributed by atoms with Crippen molar-refractivity contribution in [2.24, 2.45) is 0 Å². The van der Waals surface area contributed by atoms with Crippen molar-refractivity contribution in [3.05, 3.63) is 71.8 Å². The molecule has 0 bridgehead atoms. The molecule has 5 nitrogen and oxygen atoms in total. The van der Waals surface area contributed by atoms with E-state index in [1.807, 2.05) is 0 Å². The molecule has 0 aliphatic rings. The van der Waals surface area contributed by atoms with Crippen LogP contribution in [0.3, 0.4) is 0 Å². The van der Waals surface area contributed by atoms with E-state index in [1.54, 1.807) is 67.6 Å². The van der Waals surface area contributed by atoms with Gasteiger partial charge >= 0.3 is 11.9 Å². The molecule has 0 fully saturated rings. The van der Waals surface area contributed by atoms with E-state index in [0.29, 0.717) is 23.5 Å². The van der Waals surface area contributed by atoms with Gasteiger partial charge in [-0.15, -0.1) is 6.42 Å². The van der Waals surface area contributed by atoms with Gasteiger partial charge in [0, 0.05) is 0 Å². The van der Waals surface area contributed by atoms with Crippen LogP contribution >= 0.6 is 0 Å². The maximum Gasteiger partial charge on any atom is 0.343 e. The number of terminal acetylenes is 1. The highest BCUT2D eigenvalue weighted by Gasteiger charge is 2.13. The minimum absolute atomic E-state index is 0.376. The van der Waals surface area contributed by atoms with E-state index in [1.165, 1.54) is 38.5 Å². The van der Waals surface area contributed by atoms with Crippen LogP contribution in [0.1, 0.15) is 79.5 Å². The Kier molecular flexibility index (Phi) is 13.1. The number of carbonyl (C=O) groups excluding carboxylic acids is 2. The molecular formula is C37H34O5. The predicted molar refractivity (Wildman–Crippen MR) is 166 cm³/mol. The van der Waals surface area contributed by atoms with Gasteiger partial charge in [-0.05, 0) is 114 Å². The third-order valence-electron chi connectivity index (χ3n) is 6.25. The van der Waals surface area contributed by atoms with Crippen molar-refractivity contribution >= 4 is 22.7 Å². The Labute approximate surface area is 248 Å². The number of hydrogen-bond donors (Lipinski definition) is 0. The van der Waals surface area contributed by atoms with Crippen LogP contribution in [0.4, 0.5) is 0 Å². The summed E-state index contributed by atoms with van der Waals surface area (Å²) in [6.07, 6.45) is 13.0. The number of esters is 2. The number of rotatable bonds is 13. The van der Waals surface area contributed by atoms with Crippen LogP contribution in [-0.2, 0) is 4.74 Å². The van der Waals surface area contributed by atoms with Gasteiger partial charge in [-0.3, -0.25) is 0 Å². The topological polar surface area (TPSA) is 61.8 Å². The monoisotopic (exact) mass is 558 g/mol. The summed E-state index contributed by atoms with van der Waals surface area (Å²) in [5.41, 5.74) is 0.807. The molecule has 0 amide bonds. The van der Waals surface area contributed by atoms with E-state index in [9.17, 15) is 9.59 Å². The zero-order valence-corrected chi connectivity index (χ0v) is 24.1. The average Bonchev–Trinajstić information content (AvgIpc) is 3.00. The van der Waals surface area contributed by atoms with Gasteiger partial charge in [-0.1, -0.05) is 57.6 Å². The number of carbonyl (C=O) groups is 2. The standard InChI is InChI=1S/C37H34O5/c1-4-6-8-10-12-14-16-26-40-34-23-20-30(21-24-34)36(38)42-35-25-22-31-27-33(19-18-32(31)28-35)37(39)41-29(3)17-15-13-11-9-7-5-2/h2,18-25,27-29H,4,6,8,10,12,14,16,26H2,1,3H3. The summed E-state index contributed by atoms with van der Waals surface area (Å²) in [6, 6.07) is 17.3. The predicted octanol–water partition coefficient (Wildman–Crippen LogP) is 7.38. The van der Waals surface area contributed by atoms with Crippen LogP contribution in [0.25, 0.3) is 10.8 Å². The molecule has 0 saturated heterocycles. The molecule has 0 N–H and O–H groups in total. The summed E-state index contributed by atoms with van der Waals surface area (Å²) in [7, 11) is 0. The number of hydrogen-bond acceptors (Lipinski definition) is 5. The van der Waals surface area contributed by atoms with Crippen molar-refractivity contribution in [1.82, 2.24) is 0 Å². The lowest BCUT2D eigenvalue weighted by Gasteiger charge is -2.09. The van der Waals surface area contributed by atoms with Gasteiger partial charge in [0.15, 0.2) is 6.10 Å². The lowest BCUT2D eigenvalue weighted by molar-refractivity contribution is 0.0438. The molecule has 42 heavy (non-hydrogen) atoms. The van der Waals surface area contributed by atoms with Crippen LogP contribution in [0.15, 0.2) is 60.7 Å². The third-order valence-corrected chi connectivity index (χ3v) is 6.25. The number of unbranched alkanes of at least 4 members (excludes halogenated alkanes) is 6. The fourth-order valence-electron chi connectivity index (χ4n) is 4.04. The van der Waals surface area contributed by atoms with Crippen molar-refractivity contribution in [2.75, 3.05) is 6.61 Å². The largest absolute Gasteiger partial charge is 0.494 e. The minimum Gasteiger partial charge on any atom is -0.494 e. The second-order valence-corrected chi connectivity index (χ2v) is 9.57. The average molecular weight is 559 g/mol. The van der Waals surface area contributed by atoms with Crippen LogP contribution < -0.4 is 9.47 Å². The quantitative estimate of drug-likeness (QED) is 0.0948. The molecule has 0 aliphatic heterocycles. The smallest absolute Gasteiger partial charge is 0.343 e. The normalized spacial score (nSPS) is 10.4. The van der Waals surface area contributed by atoms with Crippen LogP contribution in [0.5, 0.6) is 11.5 Å². The van der Waals surface area contributed by atoms with Crippen molar-refractivity contribution in [3.8, 4) is 59.4 Å². The first-order valence-electron chi connectivity index (χ1n) is 14.2. The first-order valence-corrected chi connectivity index (χ1v) is 14.2. The fourth-order valence-corrected chi connectivity index (χ4v) is 4.04. The first kappa shape index (κ1) is 31.4. The molecule has 3 rings (SSSR count). The number of benzene rings is 3. The maximum atomic E-state index is 12.7. The summed E-state index contributed by atoms with van der Waals surface area (Å²) >= 11 is 0.